The third-order valence-corrected chi connectivity index (χ3v) is 5.71. The highest BCUT2D eigenvalue weighted by Gasteiger charge is 2.34. The van der Waals surface area contributed by atoms with Crippen molar-refractivity contribution in [1.29, 1.82) is 0 Å². The van der Waals surface area contributed by atoms with E-state index in [1.165, 1.54) is 16.7 Å². The van der Waals surface area contributed by atoms with Gasteiger partial charge < -0.3 is 4.74 Å². The van der Waals surface area contributed by atoms with Crippen molar-refractivity contribution >= 4 is 10.0 Å². The van der Waals surface area contributed by atoms with E-state index >= 15 is 0 Å². The minimum absolute atomic E-state index is 0.104. The van der Waals surface area contributed by atoms with Crippen molar-refractivity contribution in [3.8, 4) is 0 Å². The summed E-state index contributed by atoms with van der Waals surface area (Å²) in [7, 11) is -3.66. The summed E-state index contributed by atoms with van der Waals surface area (Å²) in [6, 6.07) is 6.70. The van der Waals surface area contributed by atoms with E-state index in [1.54, 1.807) is 31.2 Å². The third-order valence-electron chi connectivity index (χ3n) is 3.86. The largest absolute Gasteiger partial charge is 0.368 e. The summed E-state index contributed by atoms with van der Waals surface area (Å²) in [5, 5.41) is 3.85. The highest BCUT2D eigenvalue weighted by Crippen LogP contribution is 2.28. The predicted molar refractivity (Wildman–Crippen MR) is 86.4 cm³/mol. The van der Waals surface area contributed by atoms with Crippen LogP contribution >= 0.6 is 0 Å². The standard InChI is InChI=1S/C16H21N3O3S/c1-12-4-6-15(7-5-12)23(20,21)19-9-13(2)22-16(11-19)14-8-17-18(3)10-14/h4-8,10,13,16H,9,11H2,1-3H3/t13-,16-/m1/s1/i3D3. The second-order valence-corrected chi connectivity index (χ2v) is 7.73. The number of hydrogen-bond acceptors (Lipinski definition) is 4. The van der Waals surface area contributed by atoms with Crippen molar-refractivity contribution in [2.45, 2.75) is 31.0 Å². The van der Waals surface area contributed by atoms with Crippen LogP contribution in [0.25, 0.3) is 0 Å². The highest BCUT2D eigenvalue weighted by molar-refractivity contribution is 7.89. The molecule has 0 aliphatic carbocycles. The maximum Gasteiger partial charge on any atom is 0.243 e. The minimum atomic E-state index is -3.66. The fourth-order valence-electron chi connectivity index (χ4n) is 2.66. The van der Waals surface area contributed by atoms with Crippen molar-refractivity contribution < 1.29 is 17.3 Å². The molecule has 3 rings (SSSR count). The lowest BCUT2D eigenvalue weighted by Gasteiger charge is -2.35. The van der Waals surface area contributed by atoms with Gasteiger partial charge in [-0.3, -0.25) is 4.68 Å². The van der Waals surface area contributed by atoms with Crippen LogP contribution in [0.4, 0.5) is 0 Å². The molecule has 7 heteroatoms. The normalized spacial score (nSPS) is 25.6. The Morgan fingerprint density at radius 1 is 1.30 bits per heavy atom. The number of aryl methyl sites for hydroxylation is 2. The molecule has 1 aromatic carbocycles. The molecule has 124 valence electrons. The first-order chi connectivity index (χ1) is 12.1. The molecule has 0 spiro atoms. The number of hydrogen-bond donors (Lipinski definition) is 0. The van der Waals surface area contributed by atoms with E-state index in [2.05, 4.69) is 5.10 Å². The van der Waals surface area contributed by atoms with Gasteiger partial charge >= 0.3 is 0 Å². The fraction of sp³-hybridized carbons (Fsp3) is 0.438. The number of ether oxygens (including phenoxy) is 1. The van der Waals surface area contributed by atoms with E-state index in [1.807, 2.05) is 6.92 Å². The molecular weight excluding hydrogens is 314 g/mol. The van der Waals surface area contributed by atoms with E-state index in [0.29, 0.717) is 5.56 Å². The van der Waals surface area contributed by atoms with Gasteiger partial charge in [-0.15, -0.1) is 0 Å². The Kier molecular flexibility index (Phi) is 3.35. The Bertz CT molecular complexity index is 878. The number of nitrogens with zero attached hydrogens (tertiary/aromatic N) is 3. The van der Waals surface area contributed by atoms with Crippen LogP contribution in [0.2, 0.25) is 0 Å². The Labute approximate surface area is 140 Å². The molecule has 0 amide bonds. The zero-order chi connectivity index (χ0) is 19.1. The van der Waals surface area contributed by atoms with Crippen molar-refractivity contribution in [3.05, 3.63) is 47.8 Å². The van der Waals surface area contributed by atoms with Crippen molar-refractivity contribution in [2.75, 3.05) is 13.1 Å². The van der Waals surface area contributed by atoms with Gasteiger partial charge in [0.05, 0.1) is 23.3 Å². The monoisotopic (exact) mass is 338 g/mol. The van der Waals surface area contributed by atoms with Crippen LogP contribution in [-0.4, -0.2) is 41.7 Å². The minimum Gasteiger partial charge on any atom is -0.368 e. The Morgan fingerprint density at radius 2 is 2.04 bits per heavy atom. The topological polar surface area (TPSA) is 64.4 Å². The lowest BCUT2D eigenvalue weighted by Crippen LogP contribution is -2.45. The smallest absolute Gasteiger partial charge is 0.243 e. The van der Waals surface area contributed by atoms with Gasteiger partial charge in [-0.1, -0.05) is 17.7 Å². The average Bonchev–Trinajstić information content (AvgIpc) is 3.05. The molecule has 6 nitrogen and oxygen atoms in total. The van der Waals surface area contributed by atoms with Gasteiger partial charge in [0.15, 0.2) is 0 Å². The van der Waals surface area contributed by atoms with Crippen LogP contribution in [0, 0.1) is 6.92 Å². The Hall–Kier alpha value is -1.70. The molecular formula is C16H21N3O3S. The SMILES string of the molecule is [2H]C([2H])([2H])n1cc([C@H]2CN(S(=O)(=O)c3ccc(C)cc3)C[C@@H](C)O2)cn1. The summed E-state index contributed by atoms with van der Waals surface area (Å²) in [5.74, 6) is 0. The number of morpholine rings is 1. The van der Waals surface area contributed by atoms with Gasteiger partial charge in [0.2, 0.25) is 10.0 Å². The first-order valence-corrected chi connectivity index (χ1v) is 8.79. The lowest BCUT2D eigenvalue weighted by atomic mass is 10.1. The first kappa shape index (κ1) is 12.7. The molecule has 2 aromatic rings. The van der Waals surface area contributed by atoms with E-state index in [4.69, 9.17) is 8.85 Å². The molecule has 0 radical (unpaired) electrons. The summed E-state index contributed by atoms with van der Waals surface area (Å²) in [5.41, 5.74) is 1.52. The van der Waals surface area contributed by atoms with E-state index < -0.39 is 23.1 Å². The average molecular weight is 338 g/mol. The number of sulfonamides is 1. The zero-order valence-electron chi connectivity index (χ0n) is 16.0. The number of rotatable bonds is 3. The van der Waals surface area contributed by atoms with E-state index in [-0.39, 0.29) is 24.1 Å². The van der Waals surface area contributed by atoms with E-state index in [9.17, 15) is 8.42 Å². The van der Waals surface area contributed by atoms with Gasteiger partial charge in [-0.05, 0) is 26.0 Å². The van der Waals surface area contributed by atoms with Crippen LogP contribution in [0.15, 0.2) is 41.6 Å². The van der Waals surface area contributed by atoms with Crippen LogP contribution in [0.3, 0.4) is 0 Å². The molecule has 2 atom stereocenters. The molecule has 1 aliphatic heterocycles. The summed E-state index contributed by atoms with van der Waals surface area (Å²) >= 11 is 0. The Balaban J connectivity index is 1.86. The lowest BCUT2D eigenvalue weighted by molar-refractivity contribution is -0.0557. The van der Waals surface area contributed by atoms with Crippen LogP contribution < -0.4 is 0 Å². The molecule has 0 unspecified atom stereocenters. The summed E-state index contributed by atoms with van der Waals surface area (Å²) in [6.07, 6.45) is 1.89. The van der Waals surface area contributed by atoms with E-state index in [0.717, 1.165) is 10.2 Å². The zero-order valence-corrected chi connectivity index (χ0v) is 13.8. The van der Waals surface area contributed by atoms with Crippen molar-refractivity contribution in [1.82, 2.24) is 14.1 Å². The Morgan fingerprint density at radius 3 is 2.70 bits per heavy atom. The highest BCUT2D eigenvalue weighted by atomic mass is 32.2. The van der Waals surface area contributed by atoms with Gasteiger partial charge in [-0.2, -0.15) is 9.40 Å². The molecule has 1 aliphatic rings. The second-order valence-electron chi connectivity index (χ2n) is 5.79. The van der Waals surface area contributed by atoms with Gasteiger partial charge in [0.1, 0.15) is 0 Å². The van der Waals surface area contributed by atoms with Gasteiger partial charge in [0, 0.05) is 35.9 Å². The van der Waals surface area contributed by atoms with Gasteiger partial charge in [0.25, 0.3) is 0 Å². The van der Waals surface area contributed by atoms with Crippen molar-refractivity contribution in [3.63, 3.8) is 0 Å². The molecule has 1 fully saturated rings. The number of aromatic nitrogens is 2. The summed E-state index contributed by atoms with van der Waals surface area (Å²) in [6.45, 7) is 1.64. The first-order valence-electron chi connectivity index (χ1n) is 8.85. The number of benzene rings is 1. The van der Waals surface area contributed by atoms with Crippen molar-refractivity contribution in [2.24, 2.45) is 6.98 Å². The molecule has 0 saturated carbocycles. The van der Waals surface area contributed by atoms with Crippen LogP contribution in [0.1, 0.15) is 28.3 Å². The molecule has 1 aromatic heterocycles. The molecule has 0 N–H and O–H groups in total. The third kappa shape index (κ3) is 3.31. The molecule has 0 bridgehead atoms. The maximum absolute atomic E-state index is 12.9. The van der Waals surface area contributed by atoms with Gasteiger partial charge in [-0.25, -0.2) is 8.42 Å². The van der Waals surface area contributed by atoms with Crippen LogP contribution in [0.5, 0.6) is 0 Å². The predicted octanol–water partition coefficient (Wildman–Crippen LogP) is 1.88. The summed E-state index contributed by atoms with van der Waals surface area (Å²) < 4.78 is 56.2. The summed E-state index contributed by atoms with van der Waals surface area (Å²) in [4.78, 5) is 0.231. The maximum atomic E-state index is 12.9. The molecule has 1 saturated heterocycles. The second kappa shape index (κ2) is 6.07. The molecule has 2 heterocycles. The quantitative estimate of drug-likeness (QED) is 0.857. The molecule has 23 heavy (non-hydrogen) atoms. The van der Waals surface area contributed by atoms with Crippen LogP contribution in [-0.2, 0) is 21.7 Å². The fourth-order valence-corrected chi connectivity index (χ4v) is 4.17.